The van der Waals surface area contributed by atoms with E-state index in [1.165, 1.54) is 4.90 Å². The molecule has 0 fully saturated rings. The van der Waals surface area contributed by atoms with Gasteiger partial charge in [0.25, 0.3) is 0 Å². The lowest BCUT2D eigenvalue weighted by Gasteiger charge is -2.26. The Morgan fingerprint density at radius 3 is 2.48 bits per heavy atom. The molecular weight excluding hydrogens is 518 g/mol. The van der Waals surface area contributed by atoms with E-state index in [-0.39, 0.29) is 57.4 Å². The van der Waals surface area contributed by atoms with Crippen molar-refractivity contribution >= 4 is 35.2 Å². The summed E-state index contributed by atoms with van der Waals surface area (Å²) in [4.78, 5) is 64.4. The van der Waals surface area contributed by atoms with E-state index < -0.39 is 35.7 Å². The first-order valence-corrected chi connectivity index (χ1v) is 13.0. The molecule has 0 saturated heterocycles. The minimum absolute atomic E-state index is 0. The number of benzene rings is 1. The fourth-order valence-corrected chi connectivity index (χ4v) is 4.75. The highest BCUT2D eigenvalue weighted by atomic mass is 16.4. The summed E-state index contributed by atoms with van der Waals surface area (Å²) < 4.78 is 0. The monoisotopic (exact) mass is 557 g/mol. The van der Waals surface area contributed by atoms with Crippen LogP contribution >= 0.6 is 0 Å². The fraction of sp³-hybridized carbons (Fsp3) is 0.556. The Balaban J connectivity index is 0.00000560. The smallest absolute Gasteiger partial charge is 0.303 e. The van der Waals surface area contributed by atoms with Gasteiger partial charge in [-0.2, -0.15) is 5.21 Å². The molecule has 1 aliphatic heterocycles. The van der Waals surface area contributed by atoms with Gasteiger partial charge in [0, 0.05) is 37.3 Å². The minimum atomic E-state index is -0.977. The van der Waals surface area contributed by atoms with Crippen LogP contribution in [0.25, 0.3) is 0 Å². The molecule has 2 heterocycles. The summed E-state index contributed by atoms with van der Waals surface area (Å²) in [5.41, 5.74) is 1.42. The van der Waals surface area contributed by atoms with Crippen LogP contribution in [0, 0.1) is 17.8 Å². The molecular formula is C27H39N7O6. The number of carbonyl (C=O) groups excluding carboxylic acids is 4. The molecule has 0 bridgehead atoms. The number of carboxylic acid groups (broad SMARTS) is 1. The van der Waals surface area contributed by atoms with Crippen LogP contribution in [0.4, 0.5) is 5.69 Å². The van der Waals surface area contributed by atoms with Gasteiger partial charge in [0.2, 0.25) is 17.7 Å². The first-order chi connectivity index (χ1) is 18.6. The molecule has 1 aliphatic rings. The van der Waals surface area contributed by atoms with Crippen molar-refractivity contribution in [3.63, 3.8) is 0 Å². The molecule has 218 valence electrons. The van der Waals surface area contributed by atoms with Crippen LogP contribution in [-0.4, -0.2) is 67.8 Å². The quantitative estimate of drug-likeness (QED) is 0.268. The summed E-state index contributed by atoms with van der Waals surface area (Å²) in [7, 11) is 0. The average Bonchev–Trinajstić information content (AvgIpc) is 3.55. The molecule has 0 saturated carbocycles. The molecule has 0 radical (unpaired) electrons. The van der Waals surface area contributed by atoms with E-state index in [2.05, 4.69) is 31.3 Å². The number of aliphatic carboxylic acids is 1. The highest BCUT2D eigenvalue weighted by molar-refractivity contribution is 6.05. The van der Waals surface area contributed by atoms with Crippen molar-refractivity contribution in [1.82, 2.24) is 31.3 Å². The lowest BCUT2D eigenvalue weighted by molar-refractivity contribution is -0.138. The number of carboxylic acids is 1. The van der Waals surface area contributed by atoms with E-state index in [9.17, 15) is 24.0 Å². The number of carbonyl (C=O) groups is 5. The molecule has 13 heteroatoms. The van der Waals surface area contributed by atoms with Crippen molar-refractivity contribution in [2.75, 3.05) is 11.4 Å². The maximum absolute atomic E-state index is 13.4. The third-order valence-corrected chi connectivity index (χ3v) is 6.99. The largest absolute Gasteiger partial charge is 0.481 e. The molecule has 1 aromatic carbocycles. The number of amides is 3. The van der Waals surface area contributed by atoms with Crippen LogP contribution in [0.15, 0.2) is 24.3 Å². The van der Waals surface area contributed by atoms with E-state index in [0.29, 0.717) is 24.4 Å². The van der Waals surface area contributed by atoms with E-state index >= 15 is 0 Å². The number of nitrogens with one attached hydrogen (secondary N) is 3. The number of rotatable bonds is 14. The molecule has 0 spiro atoms. The van der Waals surface area contributed by atoms with Gasteiger partial charge < -0.3 is 15.7 Å². The average molecular weight is 558 g/mol. The van der Waals surface area contributed by atoms with Crippen LogP contribution < -0.4 is 15.5 Å². The van der Waals surface area contributed by atoms with Crippen molar-refractivity contribution < 1.29 is 29.1 Å². The number of tetrazole rings is 1. The Kier molecular flexibility index (Phi) is 11.9. The van der Waals surface area contributed by atoms with Crippen LogP contribution in [0.2, 0.25) is 0 Å². The molecule has 1 unspecified atom stereocenters. The number of nitrogens with zero attached hydrogens (tertiary/aromatic N) is 4. The molecule has 13 nitrogen and oxygen atoms in total. The van der Waals surface area contributed by atoms with Gasteiger partial charge in [0.15, 0.2) is 5.82 Å². The van der Waals surface area contributed by atoms with Gasteiger partial charge in [-0.25, -0.2) is 0 Å². The standard InChI is InChI=1S/C26H35N7O6.CH4/c1-4-16(3)19(12-18(34)9-15(2)10-24(36)37)25(38)28-14-23(35)33-20-8-6-5-7-17(20)11-21(33)26(39)27-13-22-29-31-32-30-22;/h5-8,15-16,19,21H,4,9-14H2,1-3H3,(H,27,39)(H,28,38)(H,36,37)(H,29,30,31,32);1H4/t15?,16-,19-,21-;/m0./s1. The molecule has 4 atom stereocenters. The number of ketones is 1. The van der Waals surface area contributed by atoms with E-state index in [1.807, 2.05) is 26.0 Å². The second kappa shape index (κ2) is 14.8. The zero-order chi connectivity index (χ0) is 28.5. The Bertz CT molecular complexity index is 1190. The second-order valence-corrected chi connectivity index (χ2v) is 10.0. The Morgan fingerprint density at radius 1 is 1.10 bits per heavy atom. The van der Waals surface area contributed by atoms with Crippen LogP contribution in [0.1, 0.15) is 65.3 Å². The molecule has 1 aromatic heterocycles. The maximum atomic E-state index is 13.4. The summed E-state index contributed by atoms with van der Waals surface area (Å²) in [5.74, 6) is -3.28. The Morgan fingerprint density at radius 2 is 1.82 bits per heavy atom. The Hall–Kier alpha value is -4.16. The van der Waals surface area contributed by atoms with Gasteiger partial charge >= 0.3 is 5.97 Å². The first kappa shape index (κ1) is 32.1. The van der Waals surface area contributed by atoms with Crippen molar-refractivity contribution in [3.05, 3.63) is 35.7 Å². The van der Waals surface area contributed by atoms with Gasteiger partial charge in [-0.1, -0.05) is 58.0 Å². The third kappa shape index (κ3) is 8.42. The van der Waals surface area contributed by atoms with Crippen molar-refractivity contribution in [2.45, 2.75) is 72.9 Å². The normalized spacial score (nSPS) is 16.2. The number of aromatic nitrogens is 4. The number of fused-ring (bicyclic) bond motifs is 1. The zero-order valence-corrected chi connectivity index (χ0v) is 22.3. The highest BCUT2D eigenvalue weighted by Crippen LogP contribution is 2.32. The topological polar surface area (TPSA) is 187 Å². The molecule has 0 aliphatic carbocycles. The molecule has 40 heavy (non-hydrogen) atoms. The van der Waals surface area contributed by atoms with Crippen LogP contribution in [0.5, 0.6) is 0 Å². The summed E-state index contributed by atoms with van der Waals surface area (Å²) in [5, 5.41) is 27.7. The highest BCUT2D eigenvalue weighted by Gasteiger charge is 2.38. The molecule has 3 amide bonds. The van der Waals surface area contributed by atoms with Gasteiger partial charge in [-0.3, -0.25) is 28.9 Å². The second-order valence-electron chi connectivity index (χ2n) is 10.0. The predicted molar refractivity (Wildman–Crippen MR) is 146 cm³/mol. The summed E-state index contributed by atoms with van der Waals surface area (Å²) in [6.07, 6.45) is 0.865. The molecule has 2 aromatic rings. The number of Topliss-reactive ketones (excluding diaryl/α,β-unsaturated/α-hetero) is 1. The van der Waals surface area contributed by atoms with E-state index in [0.717, 1.165) is 5.56 Å². The SMILES string of the molecule is C.CC[C@H](C)[C@H](CC(=O)CC(C)CC(=O)O)C(=O)NCC(=O)N1c2ccccc2C[C@H]1C(=O)NCc1nn[nH]n1. The van der Waals surface area contributed by atoms with Crippen molar-refractivity contribution in [3.8, 4) is 0 Å². The van der Waals surface area contributed by atoms with Crippen LogP contribution in [0.3, 0.4) is 0 Å². The first-order valence-electron chi connectivity index (χ1n) is 13.0. The Labute approximate surface area is 233 Å². The lowest BCUT2D eigenvalue weighted by Crippen LogP contribution is -2.51. The summed E-state index contributed by atoms with van der Waals surface area (Å²) in [6, 6.07) is 6.37. The number of aromatic amines is 1. The summed E-state index contributed by atoms with van der Waals surface area (Å²) in [6.45, 7) is 5.15. The third-order valence-electron chi connectivity index (χ3n) is 6.99. The number of hydrogen-bond acceptors (Lipinski definition) is 8. The van der Waals surface area contributed by atoms with Crippen molar-refractivity contribution in [2.24, 2.45) is 17.8 Å². The number of anilines is 1. The summed E-state index contributed by atoms with van der Waals surface area (Å²) >= 11 is 0. The van der Waals surface area contributed by atoms with E-state index in [1.54, 1.807) is 19.1 Å². The van der Waals surface area contributed by atoms with Crippen molar-refractivity contribution in [1.29, 1.82) is 0 Å². The van der Waals surface area contributed by atoms with Gasteiger partial charge in [0.1, 0.15) is 11.8 Å². The zero-order valence-electron chi connectivity index (χ0n) is 22.3. The number of hydrogen-bond donors (Lipinski definition) is 4. The molecule has 3 rings (SSSR count). The fourth-order valence-electron chi connectivity index (χ4n) is 4.75. The molecule has 4 N–H and O–H groups in total. The number of para-hydroxylation sites is 1. The minimum Gasteiger partial charge on any atom is -0.481 e. The van der Waals surface area contributed by atoms with Gasteiger partial charge in [-0.05, 0) is 23.5 Å². The number of H-pyrrole nitrogens is 1. The lowest BCUT2D eigenvalue weighted by atomic mass is 9.85. The maximum Gasteiger partial charge on any atom is 0.303 e. The predicted octanol–water partition coefficient (Wildman–Crippen LogP) is 1.65. The van der Waals surface area contributed by atoms with Gasteiger partial charge in [0.05, 0.1) is 13.1 Å². The van der Waals surface area contributed by atoms with Crippen LogP contribution in [-0.2, 0) is 36.9 Å². The van der Waals surface area contributed by atoms with Gasteiger partial charge in [-0.15, -0.1) is 10.2 Å². The van der Waals surface area contributed by atoms with E-state index in [4.69, 9.17) is 5.11 Å².